The van der Waals surface area contributed by atoms with Crippen molar-refractivity contribution in [2.75, 3.05) is 6.54 Å². The van der Waals surface area contributed by atoms with Crippen LogP contribution in [-0.4, -0.2) is 11.4 Å². The molecule has 0 amide bonds. The van der Waals surface area contributed by atoms with Crippen LogP contribution in [0, 0.1) is 0 Å². The number of hydrogen-bond donors (Lipinski definition) is 0. The molecule has 0 N–H and O–H groups in total. The van der Waals surface area contributed by atoms with Gasteiger partial charge in [-0.15, -0.1) is 0 Å². The van der Waals surface area contributed by atoms with Gasteiger partial charge in [-0.25, -0.2) is 0 Å². The van der Waals surface area contributed by atoms with Crippen molar-refractivity contribution in [3.8, 4) is 0 Å². The lowest BCUT2D eigenvalue weighted by molar-refractivity contribution is 0.150. The average Bonchev–Trinajstić information content (AvgIpc) is 2.78. The van der Waals surface area contributed by atoms with E-state index in [0.717, 1.165) is 0 Å². The number of benzene rings is 2. The maximum absolute atomic E-state index is 2.69. The van der Waals surface area contributed by atoms with Gasteiger partial charge in [0.1, 0.15) is 0 Å². The Kier molecular flexibility index (Phi) is 11.8. The molecular formula is C28H43N. The standard InChI is InChI=1S/C28H43N/c1-4-5-6-7-8-9-10-11-12-19-24-29(25(2)27-20-15-13-16-21-27)26(3)28-22-17-14-18-23-28/h13-18,20-23,25-26H,4-12,19,24H2,1-3H3. The average molecular weight is 394 g/mol. The summed E-state index contributed by atoms with van der Waals surface area (Å²) in [5.74, 6) is 0. The monoisotopic (exact) mass is 393 g/mol. The molecule has 0 fully saturated rings. The molecule has 0 aliphatic heterocycles. The molecule has 0 aliphatic carbocycles. The Balaban J connectivity index is 1.81. The van der Waals surface area contributed by atoms with E-state index < -0.39 is 0 Å². The summed E-state index contributed by atoms with van der Waals surface area (Å²) >= 11 is 0. The minimum atomic E-state index is 0.435. The Labute approximate surface area is 180 Å². The minimum absolute atomic E-state index is 0.435. The van der Waals surface area contributed by atoms with E-state index in [2.05, 4.69) is 86.3 Å². The van der Waals surface area contributed by atoms with Crippen LogP contribution in [0.4, 0.5) is 0 Å². The van der Waals surface area contributed by atoms with Crippen molar-refractivity contribution in [2.45, 2.75) is 97.1 Å². The minimum Gasteiger partial charge on any atom is -0.290 e. The first-order chi connectivity index (χ1) is 14.2. The largest absolute Gasteiger partial charge is 0.290 e. The first kappa shape index (κ1) is 23.7. The predicted molar refractivity (Wildman–Crippen MR) is 128 cm³/mol. The molecular weight excluding hydrogens is 350 g/mol. The number of nitrogens with zero attached hydrogens (tertiary/aromatic N) is 1. The highest BCUT2D eigenvalue weighted by molar-refractivity contribution is 5.22. The Bertz CT molecular complexity index is 576. The first-order valence-corrected chi connectivity index (χ1v) is 12.1. The van der Waals surface area contributed by atoms with Crippen LogP contribution in [0.2, 0.25) is 0 Å². The molecule has 0 radical (unpaired) electrons. The molecule has 0 bridgehead atoms. The summed E-state index contributed by atoms with van der Waals surface area (Å²) in [6.45, 7) is 8.19. The second-order valence-electron chi connectivity index (χ2n) is 8.59. The van der Waals surface area contributed by atoms with E-state index in [9.17, 15) is 0 Å². The molecule has 2 aromatic rings. The molecule has 0 saturated heterocycles. The second kappa shape index (κ2) is 14.4. The van der Waals surface area contributed by atoms with Crippen LogP contribution in [-0.2, 0) is 0 Å². The Morgan fingerprint density at radius 3 is 1.34 bits per heavy atom. The molecule has 2 unspecified atom stereocenters. The van der Waals surface area contributed by atoms with Gasteiger partial charge >= 0.3 is 0 Å². The van der Waals surface area contributed by atoms with Crippen LogP contribution in [0.25, 0.3) is 0 Å². The van der Waals surface area contributed by atoms with Crippen molar-refractivity contribution in [3.05, 3.63) is 71.8 Å². The van der Waals surface area contributed by atoms with Gasteiger partial charge in [0.05, 0.1) is 0 Å². The fourth-order valence-electron chi connectivity index (χ4n) is 4.35. The normalized spacial score (nSPS) is 13.5. The summed E-state index contributed by atoms with van der Waals surface area (Å²) in [4.78, 5) is 2.69. The molecule has 1 heteroatoms. The topological polar surface area (TPSA) is 3.24 Å². The molecule has 0 heterocycles. The summed E-state index contributed by atoms with van der Waals surface area (Å²) in [5.41, 5.74) is 2.84. The third-order valence-corrected chi connectivity index (χ3v) is 6.33. The van der Waals surface area contributed by atoms with Gasteiger partial charge in [-0.1, -0.05) is 125 Å². The second-order valence-corrected chi connectivity index (χ2v) is 8.59. The van der Waals surface area contributed by atoms with E-state index in [0.29, 0.717) is 12.1 Å². The highest BCUT2D eigenvalue weighted by Gasteiger charge is 2.22. The quantitative estimate of drug-likeness (QED) is 0.273. The van der Waals surface area contributed by atoms with Gasteiger partial charge in [0, 0.05) is 12.1 Å². The molecule has 0 saturated carbocycles. The lowest BCUT2D eigenvalue weighted by atomic mass is 10.00. The van der Waals surface area contributed by atoms with E-state index >= 15 is 0 Å². The van der Waals surface area contributed by atoms with Gasteiger partial charge in [-0.2, -0.15) is 0 Å². The zero-order valence-corrected chi connectivity index (χ0v) is 19.2. The smallest absolute Gasteiger partial charge is 0.0325 e. The Morgan fingerprint density at radius 2 is 0.931 bits per heavy atom. The van der Waals surface area contributed by atoms with Crippen molar-refractivity contribution in [2.24, 2.45) is 0 Å². The van der Waals surface area contributed by atoms with Gasteiger partial charge in [0.2, 0.25) is 0 Å². The summed E-state index contributed by atoms with van der Waals surface area (Å²) < 4.78 is 0. The fraction of sp³-hybridized carbons (Fsp3) is 0.571. The van der Waals surface area contributed by atoms with Crippen LogP contribution in [0.1, 0.15) is 108 Å². The summed E-state index contributed by atoms with van der Waals surface area (Å²) in [7, 11) is 0. The molecule has 0 aromatic heterocycles. The van der Waals surface area contributed by atoms with E-state index in [1.54, 1.807) is 0 Å². The number of unbranched alkanes of at least 4 members (excludes halogenated alkanes) is 9. The summed E-state index contributed by atoms with van der Waals surface area (Å²) in [6.07, 6.45) is 13.9. The fourth-order valence-corrected chi connectivity index (χ4v) is 4.35. The Hall–Kier alpha value is -1.60. The summed E-state index contributed by atoms with van der Waals surface area (Å²) in [5, 5.41) is 0. The number of rotatable bonds is 15. The lowest BCUT2D eigenvalue weighted by Crippen LogP contribution is -2.31. The van der Waals surface area contributed by atoms with Crippen LogP contribution in [0.15, 0.2) is 60.7 Å². The predicted octanol–water partition coefficient (Wildman–Crippen LogP) is 8.73. The van der Waals surface area contributed by atoms with Crippen molar-refractivity contribution < 1.29 is 0 Å². The van der Waals surface area contributed by atoms with Crippen molar-refractivity contribution in [1.29, 1.82) is 0 Å². The molecule has 29 heavy (non-hydrogen) atoms. The molecule has 2 atom stereocenters. The highest BCUT2D eigenvalue weighted by Crippen LogP contribution is 2.30. The molecule has 0 spiro atoms. The first-order valence-electron chi connectivity index (χ1n) is 12.1. The van der Waals surface area contributed by atoms with Gasteiger partial charge in [0.15, 0.2) is 0 Å². The van der Waals surface area contributed by atoms with E-state index in [1.807, 2.05) is 0 Å². The van der Waals surface area contributed by atoms with E-state index in [-0.39, 0.29) is 0 Å². The van der Waals surface area contributed by atoms with Gasteiger partial charge in [-0.3, -0.25) is 4.90 Å². The van der Waals surface area contributed by atoms with E-state index in [1.165, 1.54) is 81.9 Å². The van der Waals surface area contributed by atoms with Crippen LogP contribution in [0.5, 0.6) is 0 Å². The summed E-state index contributed by atoms with van der Waals surface area (Å²) in [6, 6.07) is 22.8. The van der Waals surface area contributed by atoms with E-state index in [4.69, 9.17) is 0 Å². The third kappa shape index (κ3) is 8.74. The van der Waals surface area contributed by atoms with Crippen LogP contribution >= 0.6 is 0 Å². The highest BCUT2D eigenvalue weighted by atomic mass is 15.2. The molecule has 0 aliphatic rings. The molecule has 2 rings (SSSR count). The maximum Gasteiger partial charge on any atom is 0.0325 e. The Morgan fingerprint density at radius 1 is 0.552 bits per heavy atom. The van der Waals surface area contributed by atoms with Crippen molar-refractivity contribution in [3.63, 3.8) is 0 Å². The molecule has 2 aromatic carbocycles. The van der Waals surface area contributed by atoms with Gasteiger partial charge in [0.25, 0.3) is 0 Å². The number of hydrogen-bond acceptors (Lipinski definition) is 1. The van der Waals surface area contributed by atoms with Crippen LogP contribution in [0.3, 0.4) is 0 Å². The third-order valence-electron chi connectivity index (χ3n) is 6.33. The molecule has 160 valence electrons. The van der Waals surface area contributed by atoms with Crippen molar-refractivity contribution >= 4 is 0 Å². The van der Waals surface area contributed by atoms with Crippen molar-refractivity contribution in [1.82, 2.24) is 4.90 Å². The lowest BCUT2D eigenvalue weighted by Gasteiger charge is -2.35. The zero-order chi connectivity index (χ0) is 20.7. The zero-order valence-electron chi connectivity index (χ0n) is 19.2. The van der Waals surface area contributed by atoms with Gasteiger partial charge < -0.3 is 0 Å². The maximum atomic E-state index is 2.69. The van der Waals surface area contributed by atoms with Gasteiger partial charge in [-0.05, 0) is 37.9 Å². The SMILES string of the molecule is CCCCCCCCCCCCN(C(C)c1ccccc1)C(C)c1ccccc1. The van der Waals surface area contributed by atoms with Crippen LogP contribution < -0.4 is 0 Å². The molecule has 1 nitrogen and oxygen atoms in total.